The number of rotatable bonds is 6. The van der Waals surface area contributed by atoms with E-state index >= 15 is 0 Å². The minimum Gasteiger partial charge on any atom is -0.301 e. The Balaban J connectivity index is 2.09. The highest BCUT2D eigenvalue weighted by Crippen LogP contribution is 2.18. The zero-order valence-corrected chi connectivity index (χ0v) is 11.0. The third-order valence-electron chi connectivity index (χ3n) is 4.03. The molecular formula is C14H29N. The molecule has 1 aliphatic heterocycles. The number of likely N-dealkylation sites (tertiary alicyclic amines) is 1. The van der Waals surface area contributed by atoms with Crippen LogP contribution < -0.4 is 0 Å². The van der Waals surface area contributed by atoms with Crippen LogP contribution in [0.15, 0.2) is 0 Å². The van der Waals surface area contributed by atoms with E-state index in [1.807, 2.05) is 0 Å². The summed E-state index contributed by atoms with van der Waals surface area (Å²) in [4.78, 5) is 2.69. The maximum absolute atomic E-state index is 2.69. The lowest BCUT2D eigenvalue weighted by Crippen LogP contribution is -2.37. The van der Waals surface area contributed by atoms with E-state index in [4.69, 9.17) is 0 Å². The summed E-state index contributed by atoms with van der Waals surface area (Å²) in [5.41, 5.74) is 0. The molecule has 0 saturated carbocycles. The van der Waals surface area contributed by atoms with E-state index in [1.165, 1.54) is 58.0 Å². The summed E-state index contributed by atoms with van der Waals surface area (Å²) in [6.07, 6.45) is 9.91. The molecule has 1 saturated heterocycles. The van der Waals surface area contributed by atoms with Gasteiger partial charge in [0.2, 0.25) is 0 Å². The van der Waals surface area contributed by atoms with Crippen molar-refractivity contribution in [3.63, 3.8) is 0 Å². The van der Waals surface area contributed by atoms with Crippen molar-refractivity contribution in [2.24, 2.45) is 5.92 Å². The Hall–Kier alpha value is -0.0400. The zero-order valence-electron chi connectivity index (χ0n) is 11.0. The number of piperidine rings is 1. The first kappa shape index (κ1) is 13.0. The topological polar surface area (TPSA) is 3.24 Å². The monoisotopic (exact) mass is 211 g/mol. The van der Waals surface area contributed by atoms with Crippen LogP contribution in [0.2, 0.25) is 0 Å². The Bertz CT molecular complexity index is 149. The van der Waals surface area contributed by atoms with Crippen LogP contribution in [0.1, 0.15) is 65.7 Å². The summed E-state index contributed by atoms with van der Waals surface area (Å²) >= 11 is 0. The van der Waals surface area contributed by atoms with Gasteiger partial charge >= 0.3 is 0 Å². The Morgan fingerprint density at radius 1 is 1.00 bits per heavy atom. The number of hydrogen-bond donors (Lipinski definition) is 0. The van der Waals surface area contributed by atoms with Crippen molar-refractivity contribution in [3.8, 4) is 0 Å². The molecule has 0 bridgehead atoms. The second-order valence-electron chi connectivity index (χ2n) is 5.39. The van der Waals surface area contributed by atoms with E-state index in [9.17, 15) is 0 Å². The van der Waals surface area contributed by atoms with Crippen LogP contribution in [0.25, 0.3) is 0 Å². The molecule has 0 N–H and O–H groups in total. The predicted molar refractivity (Wildman–Crippen MR) is 68.2 cm³/mol. The van der Waals surface area contributed by atoms with Gasteiger partial charge in [-0.2, -0.15) is 0 Å². The molecule has 1 heterocycles. The van der Waals surface area contributed by atoms with Gasteiger partial charge in [-0.3, -0.25) is 0 Å². The largest absolute Gasteiger partial charge is 0.301 e. The van der Waals surface area contributed by atoms with Gasteiger partial charge in [-0.1, -0.05) is 39.5 Å². The first-order chi connectivity index (χ1) is 7.24. The van der Waals surface area contributed by atoms with Gasteiger partial charge in [0.15, 0.2) is 0 Å². The lowest BCUT2D eigenvalue weighted by atomic mass is 9.98. The van der Waals surface area contributed by atoms with Crippen molar-refractivity contribution in [3.05, 3.63) is 0 Å². The predicted octanol–water partition coefficient (Wildman–Crippen LogP) is 4.08. The molecule has 15 heavy (non-hydrogen) atoms. The highest BCUT2D eigenvalue weighted by molar-refractivity contribution is 4.71. The third kappa shape index (κ3) is 5.01. The molecule has 1 heteroatoms. The molecule has 1 fully saturated rings. The van der Waals surface area contributed by atoms with Gasteiger partial charge in [-0.25, -0.2) is 0 Å². The van der Waals surface area contributed by atoms with Crippen molar-refractivity contribution in [2.45, 2.75) is 71.8 Å². The van der Waals surface area contributed by atoms with Crippen LogP contribution >= 0.6 is 0 Å². The molecule has 0 radical (unpaired) electrons. The molecule has 2 atom stereocenters. The minimum atomic E-state index is 0.828. The van der Waals surface area contributed by atoms with Crippen molar-refractivity contribution >= 4 is 0 Å². The molecule has 0 aromatic carbocycles. The summed E-state index contributed by atoms with van der Waals surface area (Å²) < 4.78 is 0. The van der Waals surface area contributed by atoms with Crippen LogP contribution in [0.5, 0.6) is 0 Å². The van der Waals surface area contributed by atoms with Gasteiger partial charge in [-0.05, 0) is 45.2 Å². The van der Waals surface area contributed by atoms with E-state index in [1.54, 1.807) is 0 Å². The van der Waals surface area contributed by atoms with E-state index < -0.39 is 0 Å². The highest BCUT2D eigenvalue weighted by atomic mass is 15.1. The molecule has 0 amide bonds. The molecule has 0 spiro atoms. The fraction of sp³-hybridized carbons (Fsp3) is 1.00. The average Bonchev–Trinajstić information content (AvgIpc) is 2.29. The molecule has 2 unspecified atom stereocenters. The number of nitrogens with zero attached hydrogens (tertiary/aromatic N) is 1. The third-order valence-corrected chi connectivity index (χ3v) is 4.03. The van der Waals surface area contributed by atoms with Gasteiger partial charge in [0, 0.05) is 6.04 Å². The lowest BCUT2D eigenvalue weighted by Gasteiger charge is -2.32. The van der Waals surface area contributed by atoms with Crippen molar-refractivity contribution in [2.75, 3.05) is 13.1 Å². The molecule has 0 aliphatic carbocycles. The quantitative estimate of drug-likeness (QED) is 0.640. The Morgan fingerprint density at radius 3 is 2.27 bits per heavy atom. The summed E-state index contributed by atoms with van der Waals surface area (Å²) in [7, 11) is 0. The lowest BCUT2D eigenvalue weighted by molar-refractivity contribution is 0.163. The molecule has 1 aliphatic rings. The first-order valence-electron chi connectivity index (χ1n) is 6.98. The maximum atomic E-state index is 2.69. The standard InChI is InChI=1S/C14H29N/c1-4-13(2)9-8-10-14(3)15-11-6-5-7-12-15/h13-14H,4-12H2,1-3H3. The molecular weight excluding hydrogens is 182 g/mol. The molecule has 1 nitrogen and oxygen atoms in total. The number of hydrogen-bond acceptors (Lipinski definition) is 1. The van der Waals surface area contributed by atoms with Gasteiger partial charge in [0.1, 0.15) is 0 Å². The Kier molecular flexibility index (Phi) is 6.31. The van der Waals surface area contributed by atoms with Gasteiger partial charge < -0.3 is 4.90 Å². The smallest absolute Gasteiger partial charge is 0.00669 e. The molecule has 1 rings (SSSR count). The summed E-state index contributed by atoms with van der Waals surface area (Å²) in [5, 5.41) is 0. The van der Waals surface area contributed by atoms with Gasteiger partial charge in [0.05, 0.1) is 0 Å². The van der Waals surface area contributed by atoms with Crippen molar-refractivity contribution in [1.29, 1.82) is 0 Å². The normalized spacial score (nSPS) is 22.6. The minimum absolute atomic E-state index is 0.828. The van der Waals surface area contributed by atoms with Crippen LogP contribution in [0, 0.1) is 5.92 Å². The van der Waals surface area contributed by atoms with Crippen LogP contribution in [0.3, 0.4) is 0 Å². The molecule has 0 aromatic heterocycles. The van der Waals surface area contributed by atoms with Crippen molar-refractivity contribution in [1.82, 2.24) is 4.90 Å². The van der Waals surface area contributed by atoms with E-state index in [-0.39, 0.29) is 0 Å². The zero-order chi connectivity index (χ0) is 11.1. The summed E-state index contributed by atoms with van der Waals surface area (Å²) in [5.74, 6) is 0.929. The highest BCUT2D eigenvalue weighted by Gasteiger charge is 2.16. The summed E-state index contributed by atoms with van der Waals surface area (Å²) in [6, 6.07) is 0.828. The first-order valence-corrected chi connectivity index (χ1v) is 6.98. The van der Waals surface area contributed by atoms with Crippen molar-refractivity contribution < 1.29 is 0 Å². The average molecular weight is 211 g/mol. The van der Waals surface area contributed by atoms with Crippen LogP contribution in [0.4, 0.5) is 0 Å². The maximum Gasteiger partial charge on any atom is 0.00669 e. The Morgan fingerprint density at radius 2 is 1.67 bits per heavy atom. The van der Waals surface area contributed by atoms with Gasteiger partial charge in [-0.15, -0.1) is 0 Å². The second kappa shape index (κ2) is 7.27. The Labute approximate surface area is 96.2 Å². The van der Waals surface area contributed by atoms with Crippen LogP contribution in [-0.4, -0.2) is 24.0 Å². The van der Waals surface area contributed by atoms with E-state index in [2.05, 4.69) is 25.7 Å². The fourth-order valence-corrected chi connectivity index (χ4v) is 2.51. The SMILES string of the molecule is CCC(C)CCCC(C)N1CCCCC1. The second-order valence-corrected chi connectivity index (χ2v) is 5.39. The molecule has 90 valence electrons. The van der Waals surface area contributed by atoms with E-state index in [0.717, 1.165) is 12.0 Å². The van der Waals surface area contributed by atoms with Gasteiger partial charge in [0.25, 0.3) is 0 Å². The van der Waals surface area contributed by atoms with Crippen LogP contribution in [-0.2, 0) is 0 Å². The fourth-order valence-electron chi connectivity index (χ4n) is 2.51. The summed E-state index contributed by atoms with van der Waals surface area (Å²) in [6.45, 7) is 9.81. The molecule has 0 aromatic rings. The van der Waals surface area contributed by atoms with E-state index in [0.29, 0.717) is 0 Å².